The number of hydrogen-bond donors (Lipinski definition) is 2. The minimum absolute atomic E-state index is 0.122. The van der Waals surface area contributed by atoms with E-state index in [9.17, 15) is 9.90 Å². The predicted molar refractivity (Wildman–Crippen MR) is 194 cm³/mol. The second-order valence-corrected chi connectivity index (χ2v) is 19.7. The third kappa shape index (κ3) is 4.74. The number of allylic oxidation sites excluding steroid dienone is 5. The van der Waals surface area contributed by atoms with E-state index >= 15 is 0 Å². The lowest BCUT2D eigenvalue weighted by molar-refractivity contribution is -0.221. The smallest absolute Gasteiger partial charge is 0.306 e. The quantitative estimate of drug-likeness (QED) is 0.268. The van der Waals surface area contributed by atoms with Gasteiger partial charge in [-0.15, -0.1) is 0 Å². The summed E-state index contributed by atoms with van der Waals surface area (Å²) in [5.74, 6) is 2.70. The second kappa shape index (κ2) is 11.5. The van der Waals surface area contributed by atoms with Crippen LogP contribution in [-0.2, 0) is 9.53 Å². The minimum Gasteiger partial charge on any atom is -0.481 e. The number of hydrogen-bond acceptors (Lipinski definition) is 4. The first-order valence-electron chi connectivity index (χ1n) is 20.1. The molecule has 0 radical (unpaired) electrons. The summed E-state index contributed by atoms with van der Waals surface area (Å²) in [6.45, 7) is 24.6. The van der Waals surface area contributed by atoms with Crippen molar-refractivity contribution in [1.82, 2.24) is 10.2 Å². The normalized spacial score (nSPS) is 49.3. The van der Waals surface area contributed by atoms with Crippen molar-refractivity contribution in [3.63, 3.8) is 0 Å². The molecular weight excluding hydrogens is 592 g/mol. The molecule has 0 aromatic heterocycles. The lowest BCUT2D eigenvalue weighted by Gasteiger charge is -2.72. The molecule has 266 valence electrons. The molecule has 5 nitrogen and oxygen atoms in total. The number of morpholine rings is 1. The third-order valence-electron chi connectivity index (χ3n) is 17.6. The topological polar surface area (TPSA) is 61.8 Å². The van der Waals surface area contributed by atoms with Crippen molar-refractivity contribution in [2.45, 2.75) is 143 Å². The number of nitrogens with one attached hydrogen (secondary N) is 1. The predicted octanol–water partition coefficient (Wildman–Crippen LogP) is 8.81. The third-order valence-corrected chi connectivity index (χ3v) is 17.6. The Labute approximate surface area is 291 Å². The van der Waals surface area contributed by atoms with Crippen LogP contribution in [0.4, 0.5) is 0 Å². The molecule has 2 aliphatic heterocycles. The summed E-state index contributed by atoms with van der Waals surface area (Å²) in [5, 5.41) is 14.0. The van der Waals surface area contributed by atoms with Crippen LogP contribution in [0.2, 0.25) is 0 Å². The molecule has 2 heterocycles. The van der Waals surface area contributed by atoms with E-state index in [1.807, 2.05) is 0 Å². The number of rotatable bonds is 7. The number of fused-ring (bicyclic) bond motifs is 9. The molecule has 8 aliphatic rings. The van der Waals surface area contributed by atoms with E-state index in [0.717, 1.165) is 44.4 Å². The number of carboxylic acid groups (broad SMARTS) is 1. The van der Waals surface area contributed by atoms with Crippen molar-refractivity contribution < 1.29 is 14.6 Å². The molecule has 2 N–H and O–H groups in total. The van der Waals surface area contributed by atoms with E-state index in [-0.39, 0.29) is 16.9 Å². The fourth-order valence-corrected chi connectivity index (χ4v) is 15.1. The number of nitrogens with zero attached hydrogens (tertiary/aromatic N) is 1. The Morgan fingerprint density at radius 2 is 1.81 bits per heavy atom. The highest BCUT2D eigenvalue weighted by molar-refractivity contribution is 5.70. The lowest BCUT2D eigenvalue weighted by Crippen LogP contribution is -2.68. The number of aliphatic carboxylic acids is 1. The summed E-state index contributed by atoms with van der Waals surface area (Å²) in [4.78, 5) is 14.4. The van der Waals surface area contributed by atoms with Crippen molar-refractivity contribution in [2.24, 2.45) is 57.2 Å². The molecule has 0 amide bonds. The second-order valence-electron chi connectivity index (χ2n) is 19.7. The Bertz CT molecular complexity index is 1400. The molecule has 6 aliphatic carbocycles. The molecule has 0 aromatic rings. The number of carbonyl (C=O) groups is 1. The SMILES string of the molecule is C=C(C)[C@@H]1CC[C@]2(NCCN3C[C@@H]4CC3CO4)CC[C@]3(C)[C@H](CC[C@@H]4[C@@]5(C)CC=C(C6=CC[C@@H](C(=O)O)CC6)C(C)(C)[C@@H]5CC[C@]43C)[C@@H]12. The molecule has 1 unspecified atom stereocenters. The Kier molecular flexibility index (Phi) is 8.10. The fraction of sp³-hybridized carbons (Fsp3) is 0.837. The van der Waals surface area contributed by atoms with Crippen LogP contribution >= 0.6 is 0 Å². The van der Waals surface area contributed by atoms with Gasteiger partial charge < -0.3 is 15.2 Å². The van der Waals surface area contributed by atoms with E-state index in [0.29, 0.717) is 52.6 Å². The summed E-state index contributed by atoms with van der Waals surface area (Å²) >= 11 is 0. The molecule has 48 heavy (non-hydrogen) atoms. The summed E-state index contributed by atoms with van der Waals surface area (Å²) < 4.78 is 5.91. The molecule has 5 heteroatoms. The first kappa shape index (κ1) is 33.7. The highest BCUT2D eigenvalue weighted by Gasteiger charge is 2.70. The minimum atomic E-state index is -0.627. The Morgan fingerprint density at radius 3 is 2.48 bits per heavy atom. The highest BCUT2D eigenvalue weighted by Crippen LogP contribution is 2.76. The van der Waals surface area contributed by atoms with Gasteiger partial charge in [0.25, 0.3) is 0 Å². The maximum Gasteiger partial charge on any atom is 0.306 e. The standard InChI is InChI=1S/C43H66N2O3/c1-27(2)32-14-19-43(44-22-23-45-25-31-24-30(45)26-48-31)21-20-41(6)34(37(32)43)12-13-36-40(5)17-15-33(28-8-10-29(11-9-28)38(46)47)39(3,4)35(40)16-18-42(36,41)7/h8,15,29-32,34-37,44H,1,9-14,16-26H2,2-7H3,(H,46,47)/t29-,30?,31+,32+,34-,35+,36-,37-,40+,41-,42-,43+/m1/s1. The van der Waals surface area contributed by atoms with Gasteiger partial charge in [-0.25, -0.2) is 0 Å². The van der Waals surface area contributed by atoms with Crippen molar-refractivity contribution in [3.05, 3.63) is 35.5 Å². The van der Waals surface area contributed by atoms with Gasteiger partial charge in [0.05, 0.1) is 18.6 Å². The molecular formula is C43H66N2O3. The number of ether oxygens (including phenoxy) is 1. The van der Waals surface area contributed by atoms with Crippen LogP contribution in [0.3, 0.4) is 0 Å². The molecule has 0 spiro atoms. The van der Waals surface area contributed by atoms with E-state index < -0.39 is 5.97 Å². The van der Waals surface area contributed by atoms with Crippen LogP contribution in [0.25, 0.3) is 0 Å². The first-order valence-corrected chi connectivity index (χ1v) is 20.1. The summed E-state index contributed by atoms with van der Waals surface area (Å²) in [6.07, 6.45) is 21.0. The molecule has 6 fully saturated rings. The van der Waals surface area contributed by atoms with Crippen LogP contribution in [-0.4, -0.2) is 59.9 Å². The lowest BCUT2D eigenvalue weighted by atomic mass is 9.33. The fourth-order valence-electron chi connectivity index (χ4n) is 15.1. The summed E-state index contributed by atoms with van der Waals surface area (Å²) in [6, 6.07) is 0.651. The van der Waals surface area contributed by atoms with Crippen LogP contribution in [0.5, 0.6) is 0 Å². The zero-order valence-electron chi connectivity index (χ0n) is 31.2. The molecule has 0 aromatic carbocycles. The van der Waals surface area contributed by atoms with Crippen LogP contribution in [0.1, 0.15) is 125 Å². The van der Waals surface area contributed by atoms with Gasteiger partial charge in [-0.1, -0.05) is 58.9 Å². The van der Waals surface area contributed by atoms with Crippen LogP contribution < -0.4 is 5.32 Å². The summed E-state index contributed by atoms with van der Waals surface area (Å²) in [5.41, 5.74) is 5.85. The van der Waals surface area contributed by atoms with E-state index in [4.69, 9.17) is 4.74 Å². The van der Waals surface area contributed by atoms with Gasteiger partial charge in [0.2, 0.25) is 0 Å². The average molecular weight is 659 g/mol. The largest absolute Gasteiger partial charge is 0.481 e. The van der Waals surface area contributed by atoms with Crippen molar-refractivity contribution in [2.75, 3.05) is 26.2 Å². The maximum atomic E-state index is 11.7. The average Bonchev–Trinajstić information content (AvgIpc) is 3.76. The number of likely N-dealkylation sites (tertiary alicyclic amines) is 1. The van der Waals surface area contributed by atoms with E-state index in [1.54, 1.807) is 5.57 Å². The van der Waals surface area contributed by atoms with Gasteiger partial charge in [0.1, 0.15) is 0 Å². The van der Waals surface area contributed by atoms with Crippen LogP contribution in [0.15, 0.2) is 35.5 Å². The monoisotopic (exact) mass is 659 g/mol. The molecule has 2 saturated heterocycles. The van der Waals surface area contributed by atoms with Crippen molar-refractivity contribution >= 4 is 5.97 Å². The zero-order valence-corrected chi connectivity index (χ0v) is 31.2. The van der Waals surface area contributed by atoms with Gasteiger partial charge in [0.15, 0.2) is 0 Å². The van der Waals surface area contributed by atoms with Gasteiger partial charge >= 0.3 is 5.97 Å². The molecule has 12 atom stereocenters. The maximum absolute atomic E-state index is 11.7. The van der Waals surface area contributed by atoms with Crippen molar-refractivity contribution in [3.8, 4) is 0 Å². The van der Waals surface area contributed by atoms with E-state index in [2.05, 4.69) is 70.5 Å². The van der Waals surface area contributed by atoms with Crippen LogP contribution in [0, 0.1) is 57.2 Å². The molecule has 8 rings (SSSR count). The molecule has 4 saturated carbocycles. The summed E-state index contributed by atoms with van der Waals surface area (Å²) in [7, 11) is 0. The number of carboxylic acids is 1. The van der Waals surface area contributed by atoms with Gasteiger partial charge in [-0.05, 0) is 153 Å². The Morgan fingerprint density at radius 1 is 1.00 bits per heavy atom. The van der Waals surface area contributed by atoms with Crippen molar-refractivity contribution in [1.29, 1.82) is 0 Å². The van der Waals surface area contributed by atoms with Gasteiger partial charge in [-0.3, -0.25) is 9.69 Å². The Balaban J connectivity index is 1.05. The zero-order chi connectivity index (χ0) is 33.9. The Hall–Kier alpha value is -1.43. The van der Waals surface area contributed by atoms with Gasteiger partial charge in [0, 0.05) is 31.2 Å². The molecule has 2 bridgehead atoms. The first-order chi connectivity index (χ1) is 22.7. The van der Waals surface area contributed by atoms with E-state index in [1.165, 1.54) is 81.9 Å². The van der Waals surface area contributed by atoms with Gasteiger partial charge in [-0.2, -0.15) is 0 Å². The highest BCUT2D eigenvalue weighted by atomic mass is 16.5.